The monoisotopic (exact) mass is 330 g/mol. The van der Waals surface area contributed by atoms with E-state index in [4.69, 9.17) is 0 Å². The molecule has 0 spiro atoms. The predicted molar refractivity (Wildman–Crippen MR) is 94.8 cm³/mol. The molecule has 0 radical (unpaired) electrons. The Morgan fingerprint density at radius 3 is 2.83 bits per heavy atom. The van der Waals surface area contributed by atoms with Gasteiger partial charge in [-0.3, -0.25) is 4.79 Å². The van der Waals surface area contributed by atoms with Crippen molar-refractivity contribution in [1.82, 2.24) is 10.2 Å². The molecule has 0 bridgehead atoms. The molecular weight excluding hydrogens is 311 g/mol. The number of hydrogen-bond acceptors (Lipinski definition) is 3. The van der Waals surface area contributed by atoms with Crippen molar-refractivity contribution in [2.24, 2.45) is 0 Å². The fourth-order valence-electron chi connectivity index (χ4n) is 2.72. The highest BCUT2D eigenvalue weighted by atomic mass is 32.1. The lowest BCUT2D eigenvalue weighted by molar-refractivity contribution is 0.0954. The van der Waals surface area contributed by atoms with Crippen LogP contribution in [0.3, 0.4) is 0 Å². The van der Waals surface area contributed by atoms with Crippen LogP contribution in [0.4, 0.5) is 4.39 Å². The highest BCUT2D eigenvalue weighted by Crippen LogP contribution is 2.33. The number of thiophene rings is 1. The second-order valence-electron chi connectivity index (χ2n) is 5.84. The van der Waals surface area contributed by atoms with Crippen molar-refractivity contribution in [2.45, 2.75) is 6.42 Å². The summed E-state index contributed by atoms with van der Waals surface area (Å²) in [5, 5.41) is 7.17. The minimum absolute atomic E-state index is 0.138. The topological polar surface area (TPSA) is 32.3 Å². The molecule has 0 fully saturated rings. The number of benzene rings is 2. The average Bonchev–Trinajstić information content (AvgIpc) is 3.00. The van der Waals surface area contributed by atoms with Gasteiger partial charge >= 0.3 is 0 Å². The van der Waals surface area contributed by atoms with Gasteiger partial charge in [-0.1, -0.05) is 12.1 Å². The molecule has 2 aromatic carbocycles. The Bertz CT molecular complexity index is 857. The summed E-state index contributed by atoms with van der Waals surface area (Å²) >= 11 is 1.52. The molecule has 0 aliphatic rings. The van der Waals surface area contributed by atoms with E-state index in [2.05, 4.69) is 10.2 Å². The van der Waals surface area contributed by atoms with Gasteiger partial charge in [0.1, 0.15) is 5.82 Å². The number of halogens is 1. The summed E-state index contributed by atoms with van der Waals surface area (Å²) in [7, 11) is 4.01. The Balaban J connectivity index is 1.94. The fourth-order valence-corrected chi connectivity index (χ4v) is 3.64. The number of nitrogens with one attached hydrogen (secondary N) is 1. The first kappa shape index (κ1) is 15.9. The Kier molecular flexibility index (Phi) is 4.59. The largest absolute Gasteiger partial charge is 0.352 e. The van der Waals surface area contributed by atoms with Crippen molar-refractivity contribution in [3.8, 4) is 0 Å². The van der Waals surface area contributed by atoms with Crippen molar-refractivity contribution in [1.29, 1.82) is 0 Å². The first-order chi connectivity index (χ1) is 11.1. The van der Waals surface area contributed by atoms with Gasteiger partial charge in [0.2, 0.25) is 0 Å². The van der Waals surface area contributed by atoms with Gasteiger partial charge < -0.3 is 10.2 Å². The van der Waals surface area contributed by atoms with Crippen molar-refractivity contribution >= 4 is 38.1 Å². The average molecular weight is 330 g/mol. The summed E-state index contributed by atoms with van der Waals surface area (Å²) in [6, 6.07) is 8.65. The van der Waals surface area contributed by atoms with E-state index in [1.54, 1.807) is 12.1 Å². The van der Waals surface area contributed by atoms with Crippen LogP contribution in [0, 0.1) is 5.82 Å². The van der Waals surface area contributed by atoms with E-state index < -0.39 is 0 Å². The molecule has 23 heavy (non-hydrogen) atoms. The Morgan fingerprint density at radius 2 is 2.04 bits per heavy atom. The molecule has 1 aromatic heterocycles. The van der Waals surface area contributed by atoms with Gasteiger partial charge in [0.05, 0.1) is 5.56 Å². The summed E-state index contributed by atoms with van der Waals surface area (Å²) in [4.78, 5) is 14.6. The summed E-state index contributed by atoms with van der Waals surface area (Å²) in [6.45, 7) is 1.53. The fraction of sp³-hybridized carbons (Fsp3) is 0.278. The zero-order valence-corrected chi connectivity index (χ0v) is 14.0. The van der Waals surface area contributed by atoms with Crippen LogP contribution in [0.1, 0.15) is 16.8 Å². The molecule has 3 aromatic rings. The van der Waals surface area contributed by atoms with Crippen molar-refractivity contribution in [2.75, 3.05) is 27.2 Å². The van der Waals surface area contributed by atoms with Crippen molar-refractivity contribution < 1.29 is 9.18 Å². The van der Waals surface area contributed by atoms with Crippen LogP contribution < -0.4 is 5.32 Å². The van der Waals surface area contributed by atoms with Crippen LogP contribution in [-0.2, 0) is 0 Å². The highest BCUT2D eigenvalue weighted by Gasteiger charge is 2.15. The third-order valence-corrected chi connectivity index (χ3v) is 4.80. The molecule has 120 valence electrons. The van der Waals surface area contributed by atoms with Gasteiger partial charge in [0.25, 0.3) is 5.91 Å². The van der Waals surface area contributed by atoms with Crippen LogP contribution in [0.2, 0.25) is 0 Å². The lowest BCUT2D eigenvalue weighted by Crippen LogP contribution is -2.27. The molecular formula is C18H19FN2OS. The number of rotatable bonds is 5. The molecule has 0 atom stereocenters. The summed E-state index contributed by atoms with van der Waals surface area (Å²) in [5.74, 6) is -0.432. The van der Waals surface area contributed by atoms with Gasteiger partial charge in [-0.05, 0) is 56.0 Å². The maximum Gasteiger partial charge on any atom is 0.252 e. The van der Waals surface area contributed by atoms with E-state index in [-0.39, 0.29) is 11.7 Å². The Labute approximate surface area is 138 Å². The smallest absolute Gasteiger partial charge is 0.252 e. The highest BCUT2D eigenvalue weighted by molar-refractivity contribution is 7.17. The van der Waals surface area contributed by atoms with Crippen molar-refractivity contribution in [3.63, 3.8) is 0 Å². The Morgan fingerprint density at radius 1 is 1.22 bits per heavy atom. The lowest BCUT2D eigenvalue weighted by atomic mass is 10.0. The van der Waals surface area contributed by atoms with E-state index in [0.29, 0.717) is 17.5 Å². The van der Waals surface area contributed by atoms with Gasteiger partial charge in [0.15, 0.2) is 0 Å². The van der Waals surface area contributed by atoms with E-state index in [1.807, 2.05) is 31.6 Å². The first-order valence-electron chi connectivity index (χ1n) is 7.59. The summed E-state index contributed by atoms with van der Waals surface area (Å²) in [6.07, 6.45) is 0.883. The number of hydrogen-bond donors (Lipinski definition) is 1. The molecule has 1 heterocycles. The summed E-state index contributed by atoms with van der Waals surface area (Å²) < 4.78 is 15.0. The standard InChI is InChI=1S/C18H19FN2OS/c1-21(2)9-4-8-20-18(22)15-11-14-12(5-3-6-16(14)19)13-7-10-23-17(13)15/h3,5-7,10-11H,4,8-9H2,1-2H3,(H,20,22). The third-order valence-electron chi connectivity index (χ3n) is 3.85. The lowest BCUT2D eigenvalue weighted by Gasteiger charge is -2.11. The van der Waals surface area contributed by atoms with Gasteiger partial charge in [0, 0.05) is 22.0 Å². The number of nitrogens with zero attached hydrogens (tertiary/aromatic N) is 1. The van der Waals surface area contributed by atoms with E-state index in [0.717, 1.165) is 28.4 Å². The molecule has 3 rings (SSSR count). The minimum Gasteiger partial charge on any atom is -0.352 e. The maximum absolute atomic E-state index is 14.1. The van der Waals surface area contributed by atoms with Crippen LogP contribution >= 0.6 is 11.3 Å². The minimum atomic E-state index is -0.294. The van der Waals surface area contributed by atoms with E-state index in [9.17, 15) is 9.18 Å². The SMILES string of the molecule is CN(C)CCCNC(=O)c1cc2c(F)cccc2c2ccsc12. The molecule has 5 heteroatoms. The second kappa shape index (κ2) is 6.64. The number of fused-ring (bicyclic) bond motifs is 3. The predicted octanol–water partition coefficient (Wildman–Crippen LogP) is 3.88. The van der Waals surface area contributed by atoms with Crippen molar-refractivity contribution in [3.05, 3.63) is 47.1 Å². The summed E-state index contributed by atoms with van der Waals surface area (Å²) in [5.41, 5.74) is 0.553. The molecule has 1 N–H and O–H groups in total. The zero-order chi connectivity index (χ0) is 16.4. The first-order valence-corrected chi connectivity index (χ1v) is 8.47. The van der Waals surface area contributed by atoms with Crippen LogP contribution in [-0.4, -0.2) is 38.0 Å². The normalized spacial score (nSPS) is 11.5. The molecule has 0 saturated heterocycles. The van der Waals surface area contributed by atoms with E-state index >= 15 is 0 Å². The number of carbonyl (C=O) groups excluding carboxylic acids is 1. The van der Waals surface area contributed by atoms with E-state index in [1.165, 1.54) is 17.4 Å². The molecule has 1 amide bonds. The molecule has 3 nitrogen and oxygen atoms in total. The van der Waals surface area contributed by atoms with Gasteiger partial charge in [-0.15, -0.1) is 11.3 Å². The zero-order valence-electron chi connectivity index (χ0n) is 13.2. The second-order valence-corrected chi connectivity index (χ2v) is 6.75. The van der Waals surface area contributed by atoms with Crippen LogP contribution in [0.25, 0.3) is 20.9 Å². The molecule has 0 aliphatic carbocycles. The maximum atomic E-state index is 14.1. The molecule has 0 aliphatic heterocycles. The molecule has 0 unspecified atom stereocenters. The Hall–Kier alpha value is -1.98. The third kappa shape index (κ3) is 3.21. The number of carbonyl (C=O) groups is 1. The molecule has 0 saturated carbocycles. The van der Waals surface area contributed by atoms with Crippen LogP contribution in [0.5, 0.6) is 0 Å². The van der Waals surface area contributed by atoms with Crippen LogP contribution in [0.15, 0.2) is 35.7 Å². The van der Waals surface area contributed by atoms with Gasteiger partial charge in [-0.25, -0.2) is 4.39 Å². The van der Waals surface area contributed by atoms with Gasteiger partial charge in [-0.2, -0.15) is 0 Å². The number of amides is 1. The quantitative estimate of drug-likeness (QED) is 0.720.